The number of thiol groups is 1. The van der Waals surface area contributed by atoms with Crippen molar-refractivity contribution < 1.29 is 0 Å². The second kappa shape index (κ2) is 2.23. The lowest BCUT2D eigenvalue weighted by Crippen LogP contribution is -2.00. The van der Waals surface area contributed by atoms with E-state index in [-0.39, 0.29) is 0 Å². The minimum absolute atomic E-state index is 0.405. The Morgan fingerprint density at radius 2 is 2.50 bits per heavy atom. The van der Waals surface area contributed by atoms with Crippen LogP contribution in [-0.2, 0) is 0 Å². The van der Waals surface area contributed by atoms with E-state index in [1.165, 1.54) is 17.3 Å². The molecule has 0 aliphatic carbocycles. The van der Waals surface area contributed by atoms with Crippen LogP contribution in [0.1, 0.15) is 0 Å². The fourth-order valence-electron chi connectivity index (χ4n) is 0.307. The van der Waals surface area contributed by atoms with Gasteiger partial charge in [0.05, 0.1) is 0 Å². The van der Waals surface area contributed by atoms with Crippen LogP contribution in [0, 0.1) is 0 Å². The first-order valence-electron chi connectivity index (χ1n) is 1.88. The predicted molar refractivity (Wildman–Crippen MR) is 37.0 cm³/mol. The van der Waals surface area contributed by atoms with Crippen LogP contribution in [0.4, 0.5) is 0 Å². The Kier molecular flexibility index (Phi) is 1.59. The van der Waals surface area contributed by atoms with E-state index >= 15 is 0 Å². The molecule has 0 spiro atoms. The summed E-state index contributed by atoms with van der Waals surface area (Å²) in [5, 5.41) is 3.70. The van der Waals surface area contributed by atoms with E-state index < -0.39 is 0 Å². The van der Waals surface area contributed by atoms with Gasteiger partial charge in [0.25, 0.3) is 0 Å². The molecule has 0 aromatic carbocycles. The number of thiocarbonyl (C=S) groups is 1. The molecule has 0 aliphatic heterocycles. The maximum Gasteiger partial charge on any atom is 0.159 e. The van der Waals surface area contributed by atoms with Crippen LogP contribution in [0.3, 0.4) is 0 Å². The average molecular weight is 145 g/mol. The van der Waals surface area contributed by atoms with Crippen molar-refractivity contribution in [2.75, 3.05) is 0 Å². The molecule has 0 unspecified atom stereocenters. The van der Waals surface area contributed by atoms with E-state index in [0.29, 0.717) is 4.32 Å². The molecule has 0 N–H and O–H groups in total. The fourth-order valence-corrected chi connectivity index (χ4v) is 0.505. The lowest BCUT2D eigenvalue weighted by molar-refractivity contribution is 0.964. The fraction of sp³-hybridized carbons (Fsp3) is 0. The molecule has 0 saturated carbocycles. The summed E-state index contributed by atoms with van der Waals surface area (Å²) >= 11 is 8.49. The van der Waals surface area contributed by atoms with Crippen LogP contribution >= 0.6 is 24.8 Å². The molecule has 0 aliphatic rings. The Morgan fingerprint density at radius 1 is 1.75 bits per heavy atom. The van der Waals surface area contributed by atoms with Crippen molar-refractivity contribution in [3.63, 3.8) is 0 Å². The minimum atomic E-state index is 0.405. The summed E-state index contributed by atoms with van der Waals surface area (Å²) in [7, 11) is 0. The zero-order chi connectivity index (χ0) is 5.98. The Labute approximate surface area is 57.1 Å². The summed E-state index contributed by atoms with van der Waals surface area (Å²) in [5.41, 5.74) is 0. The molecule has 0 radical (unpaired) electrons. The van der Waals surface area contributed by atoms with Gasteiger partial charge in [-0.1, -0.05) is 12.2 Å². The largest absolute Gasteiger partial charge is 0.223 e. The number of hydrogen-bond donors (Lipinski definition) is 1. The quantitative estimate of drug-likeness (QED) is 0.422. The lowest BCUT2D eigenvalue weighted by atomic mass is 11.2. The van der Waals surface area contributed by atoms with Gasteiger partial charge >= 0.3 is 0 Å². The Morgan fingerprint density at radius 3 is 2.75 bits per heavy atom. The van der Waals surface area contributed by atoms with Gasteiger partial charge in [-0.25, -0.2) is 9.67 Å². The maximum absolute atomic E-state index is 4.64. The molecule has 1 aromatic heterocycles. The molecule has 3 nitrogen and oxygen atoms in total. The van der Waals surface area contributed by atoms with Crippen molar-refractivity contribution in [1.82, 2.24) is 14.8 Å². The zero-order valence-corrected chi connectivity index (χ0v) is 5.56. The molecule has 0 saturated heterocycles. The lowest BCUT2D eigenvalue weighted by Gasteiger charge is -1.87. The van der Waals surface area contributed by atoms with Crippen LogP contribution in [-0.4, -0.2) is 19.1 Å². The standard InChI is InChI=1S/C3H3N3S2/c7-3(8)6-2-4-1-5-6/h1-2H,(H,7,8). The van der Waals surface area contributed by atoms with Gasteiger partial charge in [-0.05, 0) is 0 Å². The molecule has 0 amide bonds. The molecule has 0 atom stereocenters. The van der Waals surface area contributed by atoms with Crippen LogP contribution in [0.25, 0.3) is 0 Å². The van der Waals surface area contributed by atoms with Gasteiger partial charge in [-0.2, -0.15) is 5.10 Å². The topological polar surface area (TPSA) is 30.7 Å². The monoisotopic (exact) mass is 145 g/mol. The summed E-state index contributed by atoms with van der Waals surface area (Å²) < 4.78 is 1.81. The third-order valence-corrected chi connectivity index (χ3v) is 1.01. The summed E-state index contributed by atoms with van der Waals surface area (Å²) in [6, 6.07) is 0. The van der Waals surface area contributed by atoms with Gasteiger partial charge in [0.1, 0.15) is 12.7 Å². The van der Waals surface area contributed by atoms with E-state index in [1.54, 1.807) is 0 Å². The Hall–Kier alpha value is -0.420. The van der Waals surface area contributed by atoms with Crippen molar-refractivity contribution in [1.29, 1.82) is 0 Å². The average Bonchev–Trinajstić information content (AvgIpc) is 2.12. The first-order valence-corrected chi connectivity index (χ1v) is 2.74. The number of rotatable bonds is 0. The van der Waals surface area contributed by atoms with Gasteiger partial charge in [-0.15, -0.1) is 12.6 Å². The van der Waals surface area contributed by atoms with Gasteiger partial charge in [0.2, 0.25) is 0 Å². The molecule has 1 aromatic rings. The van der Waals surface area contributed by atoms with E-state index in [0.717, 1.165) is 0 Å². The molecule has 8 heavy (non-hydrogen) atoms. The minimum Gasteiger partial charge on any atom is -0.223 e. The van der Waals surface area contributed by atoms with Gasteiger partial charge < -0.3 is 0 Å². The number of nitrogens with zero attached hydrogens (tertiary/aromatic N) is 3. The predicted octanol–water partition coefficient (Wildman–Crippen LogP) is 0.341. The highest BCUT2D eigenvalue weighted by Crippen LogP contribution is 1.85. The molecule has 0 bridgehead atoms. The third kappa shape index (κ3) is 1.05. The third-order valence-electron chi connectivity index (χ3n) is 0.615. The van der Waals surface area contributed by atoms with E-state index in [9.17, 15) is 0 Å². The molecule has 42 valence electrons. The number of aromatic nitrogens is 3. The SMILES string of the molecule is S=C(S)n1cncn1. The molecule has 0 fully saturated rings. The normalized spacial score (nSPS) is 9.12. The second-order valence-electron chi connectivity index (χ2n) is 1.12. The Bertz CT molecular complexity index is 180. The van der Waals surface area contributed by atoms with Crippen LogP contribution < -0.4 is 0 Å². The molecular weight excluding hydrogens is 142 g/mol. The van der Waals surface area contributed by atoms with Crippen molar-refractivity contribution >= 4 is 29.2 Å². The van der Waals surface area contributed by atoms with Crippen molar-refractivity contribution in [2.24, 2.45) is 0 Å². The van der Waals surface area contributed by atoms with E-state index in [4.69, 9.17) is 0 Å². The summed E-state index contributed by atoms with van der Waals surface area (Å²) in [6.07, 6.45) is 2.90. The smallest absolute Gasteiger partial charge is 0.159 e. The van der Waals surface area contributed by atoms with Crippen LogP contribution in [0.15, 0.2) is 12.7 Å². The van der Waals surface area contributed by atoms with Crippen molar-refractivity contribution in [2.45, 2.75) is 0 Å². The molecule has 1 heterocycles. The summed E-state index contributed by atoms with van der Waals surface area (Å²) in [4.78, 5) is 3.66. The van der Waals surface area contributed by atoms with Crippen LogP contribution in [0.5, 0.6) is 0 Å². The number of hydrogen-bond acceptors (Lipinski definition) is 3. The molecular formula is C3H3N3S2. The highest BCUT2D eigenvalue weighted by molar-refractivity contribution is 8.11. The van der Waals surface area contributed by atoms with Gasteiger partial charge in [-0.3, -0.25) is 0 Å². The highest BCUT2D eigenvalue weighted by Gasteiger charge is 1.88. The first kappa shape index (κ1) is 5.71. The molecule has 5 heteroatoms. The van der Waals surface area contributed by atoms with Crippen molar-refractivity contribution in [3.05, 3.63) is 12.7 Å². The van der Waals surface area contributed by atoms with E-state index in [1.807, 2.05) is 0 Å². The first-order chi connectivity index (χ1) is 3.80. The summed E-state index contributed by atoms with van der Waals surface area (Å²) in [6.45, 7) is 0. The highest BCUT2D eigenvalue weighted by atomic mass is 32.1. The zero-order valence-electron chi connectivity index (χ0n) is 3.85. The Balaban J connectivity index is 2.93. The van der Waals surface area contributed by atoms with Gasteiger partial charge in [0.15, 0.2) is 4.32 Å². The molecule has 1 rings (SSSR count). The van der Waals surface area contributed by atoms with Crippen LogP contribution in [0.2, 0.25) is 0 Å². The van der Waals surface area contributed by atoms with Crippen molar-refractivity contribution in [3.8, 4) is 0 Å². The summed E-state index contributed by atoms with van der Waals surface area (Å²) in [5.74, 6) is 0. The van der Waals surface area contributed by atoms with E-state index in [2.05, 4.69) is 34.9 Å². The van der Waals surface area contributed by atoms with Gasteiger partial charge in [0, 0.05) is 0 Å². The maximum atomic E-state index is 4.64. The second-order valence-corrected chi connectivity index (χ2v) is 2.24.